The number of rotatable bonds is 9. The highest BCUT2D eigenvalue weighted by Gasteiger charge is 2.69. The maximum absolute atomic E-state index is 14.6. The molecule has 5 aliphatic carbocycles. The predicted molar refractivity (Wildman–Crippen MR) is 225 cm³/mol. The fourth-order valence-electron chi connectivity index (χ4n) is 13.3. The average Bonchev–Trinajstić information content (AvgIpc) is 3.48. The first kappa shape index (κ1) is 40.8. The van der Waals surface area contributed by atoms with Crippen LogP contribution in [-0.2, 0) is 11.3 Å². The van der Waals surface area contributed by atoms with Crippen LogP contribution in [0.3, 0.4) is 0 Å². The van der Waals surface area contributed by atoms with E-state index in [2.05, 4.69) is 64.8 Å². The van der Waals surface area contributed by atoms with Crippen LogP contribution in [-0.4, -0.2) is 65.9 Å². The molecule has 4 unspecified atom stereocenters. The van der Waals surface area contributed by atoms with Crippen LogP contribution in [0.2, 0.25) is 5.02 Å². The highest BCUT2D eigenvalue weighted by molar-refractivity contribution is 6.30. The lowest BCUT2D eigenvalue weighted by Crippen LogP contribution is -2.66. The third kappa shape index (κ3) is 6.67. The van der Waals surface area contributed by atoms with Gasteiger partial charge in [-0.2, -0.15) is 0 Å². The molecule has 8 heteroatoms. The highest BCUT2D eigenvalue weighted by Crippen LogP contribution is 2.75. The first-order valence-electron chi connectivity index (χ1n) is 21.1. The number of nitrogens with zero attached hydrogens (tertiary/aromatic N) is 2. The zero-order valence-corrected chi connectivity index (χ0v) is 35.9. The van der Waals surface area contributed by atoms with Gasteiger partial charge in [0.2, 0.25) is 0 Å². The van der Waals surface area contributed by atoms with Crippen molar-refractivity contribution in [2.24, 2.45) is 51.2 Å². The summed E-state index contributed by atoms with van der Waals surface area (Å²) in [6.07, 6.45) is 9.26. The number of urea groups is 1. The van der Waals surface area contributed by atoms with E-state index in [9.17, 15) is 19.5 Å². The lowest BCUT2D eigenvalue weighted by Gasteiger charge is -2.71. The van der Waals surface area contributed by atoms with E-state index in [1.165, 1.54) is 11.1 Å². The number of carboxylic acid groups (broad SMARTS) is 1. The van der Waals surface area contributed by atoms with Crippen molar-refractivity contribution in [3.63, 3.8) is 0 Å². The number of fused-ring (bicyclic) bond motifs is 7. The molecule has 0 aromatic heterocycles. The van der Waals surface area contributed by atoms with Crippen LogP contribution >= 0.6 is 11.6 Å². The molecule has 7 nitrogen and oxygen atoms in total. The number of carboxylic acids is 1. The Bertz CT molecular complexity index is 1930. The third-order valence-electron chi connectivity index (χ3n) is 16.1. The van der Waals surface area contributed by atoms with Crippen LogP contribution in [0, 0.1) is 51.2 Å². The average molecular weight is 783 g/mol. The van der Waals surface area contributed by atoms with Gasteiger partial charge in [0.1, 0.15) is 0 Å². The number of hydrogen-bond acceptors (Lipinski definition) is 4. The van der Waals surface area contributed by atoms with Crippen molar-refractivity contribution in [3.8, 4) is 0 Å². The van der Waals surface area contributed by atoms with E-state index in [-0.39, 0.29) is 51.4 Å². The minimum absolute atomic E-state index is 0.00825. The van der Waals surface area contributed by atoms with Crippen molar-refractivity contribution in [1.82, 2.24) is 15.1 Å². The molecule has 0 saturated heterocycles. The van der Waals surface area contributed by atoms with E-state index in [0.717, 1.165) is 61.8 Å². The molecule has 2 N–H and O–H groups in total. The van der Waals surface area contributed by atoms with Crippen LogP contribution in [0.15, 0.2) is 65.8 Å². The molecule has 302 valence electrons. The highest BCUT2D eigenvalue weighted by atomic mass is 35.5. The molecular weight excluding hydrogens is 718 g/mol. The third-order valence-corrected chi connectivity index (χ3v) is 16.3. The lowest BCUT2D eigenvalue weighted by atomic mass is 9.33. The number of ketones is 1. The molecule has 0 heterocycles. The summed E-state index contributed by atoms with van der Waals surface area (Å²) in [7, 11) is 4.07. The molecule has 5 aliphatic rings. The summed E-state index contributed by atoms with van der Waals surface area (Å²) in [5.74, 6) is 0.832. The number of carbonyl (C=O) groups excluding carboxylic acids is 2. The number of Topliss-reactive ketones (excluding diaryl/α,β-unsaturated/α-hetero) is 1. The summed E-state index contributed by atoms with van der Waals surface area (Å²) in [4.78, 5) is 44.2. The summed E-state index contributed by atoms with van der Waals surface area (Å²) in [5, 5.41) is 13.8. The lowest BCUT2D eigenvalue weighted by molar-refractivity contribution is -0.195. The second kappa shape index (κ2) is 14.8. The van der Waals surface area contributed by atoms with Crippen molar-refractivity contribution in [3.05, 3.63) is 87.5 Å². The molecule has 2 aromatic rings. The van der Waals surface area contributed by atoms with Crippen LogP contribution in [0.25, 0.3) is 5.57 Å². The van der Waals surface area contributed by atoms with Gasteiger partial charge in [0.05, 0.1) is 5.56 Å². The van der Waals surface area contributed by atoms with E-state index >= 15 is 0 Å². The Morgan fingerprint density at radius 3 is 2.21 bits per heavy atom. The van der Waals surface area contributed by atoms with Gasteiger partial charge in [0.25, 0.3) is 0 Å². The topological polar surface area (TPSA) is 90.0 Å². The SMILES string of the molecule is CC(C)C1=C2C(CC1=O)[C@@H](NC(=O)N(CCN(C)C)Cc1ccc(Cl)cc1)C[C@]1(C)C2CCC2[C@@]3(C)CC=C(c4ccc(C(=O)O)cc4)C(C)(C)C3CC[C@]21C. The fourth-order valence-corrected chi connectivity index (χ4v) is 13.5. The number of benzene rings is 2. The monoisotopic (exact) mass is 781 g/mol. The van der Waals surface area contributed by atoms with Crippen molar-refractivity contribution in [1.29, 1.82) is 0 Å². The first-order chi connectivity index (χ1) is 26.3. The summed E-state index contributed by atoms with van der Waals surface area (Å²) in [5.41, 5.74) is 6.10. The molecule has 0 aliphatic heterocycles. The molecule has 0 spiro atoms. The number of hydrogen-bond donors (Lipinski definition) is 2. The maximum atomic E-state index is 14.6. The fraction of sp³-hybridized carbons (Fsp3) is 0.604. The van der Waals surface area contributed by atoms with E-state index in [1.807, 2.05) is 55.4 Å². The van der Waals surface area contributed by atoms with Crippen molar-refractivity contribution in [2.45, 2.75) is 106 Å². The van der Waals surface area contributed by atoms with Gasteiger partial charge in [-0.1, -0.05) is 96.0 Å². The van der Waals surface area contributed by atoms with Gasteiger partial charge in [-0.15, -0.1) is 0 Å². The largest absolute Gasteiger partial charge is 0.478 e. The van der Waals surface area contributed by atoms with Gasteiger partial charge >= 0.3 is 12.0 Å². The molecule has 3 saturated carbocycles. The molecule has 0 radical (unpaired) electrons. The predicted octanol–water partition coefficient (Wildman–Crippen LogP) is 10.4. The second-order valence-corrected chi connectivity index (χ2v) is 20.3. The van der Waals surface area contributed by atoms with Gasteiger partial charge in [0.15, 0.2) is 5.78 Å². The standard InChI is InChI=1S/C48H64ClN3O4/c1-29(2)41-38(53)26-34-37(50-44(56)52(25-24-51(8)9)28-30-10-16-33(49)17-11-30)27-48(7)36(42(34)41)18-19-40-46(5)22-20-35(31-12-14-32(15-13-31)43(54)55)45(3,4)39(46)21-23-47(40,48)6/h10-17,20,29,34,36-37,39-40H,18-19,21-28H2,1-9H3,(H,50,56)(H,54,55)/t34?,36?,37-,39?,40?,46-,47+,48+/m0/s1. The molecule has 2 amide bonds. The van der Waals surface area contributed by atoms with E-state index in [4.69, 9.17) is 11.6 Å². The second-order valence-electron chi connectivity index (χ2n) is 19.9. The Morgan fingerprint density at radius 2 is 1.59 bits per heavy atom. The summed E-state index contributed by atoms with van der Waals surface area (Å²) in [6.45, 7) is 18.7. The molecule has 2 aromatic carbocycles. The quantitative estimate of drug-likeness (QED) is 0.264. The minimum Gasteiger partial charge on any atom is -0.478 e. The molecule has 56 heavy (non-hydrogen) atoms. The normalized spacial score (nSPS) is 33.3. The van der Waals surface area contributed by atoms with E-state index < -0.39 is 5.97 Å². The van der Waals surface area contributed by atoms with E-state index in [0.29, 0.717) is 47.9 Å². The number of nitrogens with one attached hydrogen (secondary N) is 1. The van der Waals surface area contributed by atoms with Gasteiger partial charge in [-0.25, -0.2) is 9.59 Å². The van der Waals surface area contributed by atoms with Crippen LogP contribution < -0.4 is 5.32 Å². The van der Waals surface area contributed by atoms with Crippen molar-refractivity contribution in [2.75, 3.05) is 27.2 Å². The molecule has 0 bridgehead atoms. The maximum Gasteiger partial charge on any atom is 0.335 e. The summed E-state index contributed by atoms with van der Waals surface area (Å²) in [6, 6.07) is 15.0. The van der Waals surface area contributed by atoms with Crippen LogP contribution in [0.5, 0.6) is 0 Å². The van der Waals surface area contributed by atoms with Crippen molar-refractivity contribution >= 4 is 35.0 Å². The Hall–Kier alpha value is -3.42. The summed E-state index contributed by atoms with van der Waals surface area (Å²) < 4.78 is 0. The Kier molecular flexibility index (Phi) is 10.7. The number of carbonyl (C=O) groups is 3. The number of likely N-dealkylation sites (N-methyl/N-ethyl adjacent to an activating group) is 1. The molecule has 8 atom stereocenters. The Morgan fingerprint density at radius 1 is 0.911 bits per heavy atom. The number of allylic oxidation sites excluding steroid dienone is 3. The zero-order chi connectivity index (χ0) is 40.5. The Labute approximate surface area is 340 Å². The van der Waals surface area contributed by atoms with Gasteiger partial charge < -0.3 is 20.2 Å². The minimum atomic E-state index is -0.898. The summed E-state index contributed by atoms with van der Waals surface area (Å²) >= 11 is 6.22. The van der Waals surface area contributed by atoms with Gasteiger partial charge in [0, 0.05) is 43.0 Å². The van der Waals surface area contributed by atoms with Crippen molar-refractivity contribution < 1.29 is 19.5 Å². The Balaban J connectivity index is 1.23. The smallest absolute Gasteiger partial charge is 0.335 e. The molecular formula is C48H64ClN3O4. The van der Waals surface area contributed by atoms with E-state index in [1.54, 1.807) is 12.1 Å². The number of amides is 2. The number of halogens is 1. The first-order valence-corrected chi connectivity index (χ1v) is 21.5. The van der Waals surface area contributed by atoms with Gasteiger partial charge in [-0.3, -0.25) is 4.79 Å². The molecule has 7 rings (SSSR count). The van der Waals surface area contributed by atoms with Crippen LogP contribution in [0.1, 0.15) is 115 Å². The molecule has 3 fully saturated rings. The number of aromatic carboxylic acids is 1. The van der Waals surface area contributed by atoms with Crippen LogP contribution in [0.4, 0.5) is 4.79 Å². The van der Waals surface area contributed by atoms with Gasteiger partial charge in [-0.05, 0) is 144 Å². The zero-order valence-electron chi connectivity index (χ0n) is 35.2.